The van der Waals surface area contributed by atoms with E-state index in [9.17, 15) is 9.18 Å². The summed E-state index contributed by atoms with van der Waals surface area (Å²) in [5.74, 6) is -0.526. The summed E-state index contributed by atoms with van der Waals surface area (Å²) in [4.78, 5) is 15.0. The van der Waals surface area contributed by atoms with Gasteiger partial charge in [-0.2, -0.15) is 0 Å². The van der Waals surface area contributed by atoms with Gasteiger partial charge in [-0.25, -0.2) is 4.39 Å². The maximum Gasteiger partial charge on any atom is 0.251 e. The Labute approximate surface area is 164 Å². The van der Waals surface area contributed by atoms with Crippen molar-refractivity contribution in [2.75, 3.05) is 13.1 Å². The van der Waals surface area contributed by atoms with Crippen LogP contribution in [0.4, 0.5) is 4.39 Å². The van der Waals surface area contributed by atoms with E-state index >= 15 is 0 Å². The molecule has 3 aromatic rings. The summed E-state index contributed by atoms with van der Waals surface area (Å²) in [6.45, 7) is 2.30. The second kappa shape index (κ2) is 7.98. The molecule has 4 rings (SSSR count). The van der Waals surface area contributed by atoms with Gasteiger partial charge in [-0.3, -0.25) is 9.69 Å². The summed E-state index contributed by atoms with van der Waals surface area (Å²) < 4.78 is 15.2. The van der Waals surface area contributed by atoms with Gasteiger partial charge in [0.05, 0.1) is 6.04 Å². The Kier molecular flexibility index (Phi) is 5.26. The molecule has 28 heavy (non-hydrogen) atoms. The van der Waals surface area contributed by atoms with Crippen LogP contribution in [0.3, 0.4) is 0 Å². The molecule has 1 aromatic heterocycles. The maximum atomic E-state index is 13.1. The quantitative estimate of drug-likeness (QED) is 0.736. The number of aromatic nitrogens is 1. The lowest BCUT2D eigenvalue weighted by atomic mass is 9.97. The fraction of sp³-hybridized carbons (Fsp3) is 0.261. The Morgan fingerprint density at radius 3 is 2.54 bits per heavy atom. The molecule has 0 saturated carbocycles. The van der Waals surface area contributed by atoms with Crippen LogP contribution in [-0.4, -0.2) is 28.5 Å². The standard InChI is InChI=1S/C23H24FN3O/c1-26-13-4-7-21(26)22(15-25-23(28)18-8-10-20(24)11-9-18)27-14-12-17-5-2-3-6-19(17)16-27/h2-11,13,22H,12,14-16H2,1H3,(H,25,28). The molecule has 0 bridgehead atoms. The minimum Gasteiger partial charge on any atom is -0.353 e. The van der Waals surface area contributed by atoms with Gasteiger partial charge in [-0.15, -0.1) is 0 Å². The summed E-state index contributed by atoms with van der Waals surface area (Å²) in [6, 6.07) is 18.4. The van der Waals surface area contributed by atoms with E-state index in [2.05, 4.69) is 45.1 Å². The zero-order chi connectivity index (χ0) is 19.5. The summed E-state index contributed by atoms with van der Waals surface area (Å²) in [6.07, 6.45) is 3.03. The van der Waals surface area contributed by atoms with Gasteiger partial charge in [0.25, 0.3) is 5.91 Å². The van der Waals surface area contributed by atoms with Crippen molar-refractivity contribution in [2.24, 2.45) is 7.05 Å². The van der Waals surface area contributed by atoms with E-state index in [1.807, 2.05) is 19.3 Å². The highest BCUT2D eigenvalue weighted by atomic mass is 19.1. The molecule has 0 saturated heterocycles. The molecule has 0 spiro atoms. The van der Waals surface area contributed by atoms with Gasteiger partial charge in [0, 0.05) is 44.1 Å². The van der Waals surface area contributed by atoms with Crippen molar-refractivity contribution in [1.82, 2.24) is 14.8 Å². The van der Waals surface area contributed by atoms with E-state index < -0.39 is 0 Å². The maximum absolute atomic E-state index is 13.1. The fourth-order valence-corrected chi connectivity index (χ4v) is 3.92. The van der Waals surface area contributed by atoms with E-state index in [1.165, 1.54) is 41.1 Å². The molecule has 1 atom stereocenters. The third-order valence-electron chi connectivity index (χ3n) is 5.49. The van der Waals surface area contributed by atoms with E-state index in [0.717, 1.165) is 19.5 Å². The minimum absolute atomic E-state index is 0.0674. The van der Waals surface area contributed by atoms with E-state index in [0.29, 0.717) is 12.1 Å². The number of amides is 1. The van der Waals surface area contributed by atoms with Crippen LogP contribution in [0, 0.1) is 5.82 Å². The van der Waals surface area contributed by atoms with Crippen LogP contribution in [-0.2, 0) is 20.0 Å². The largest absolute Gasteiger partial charge is 0.353 e. The van der Waals surface area contributed by atoms with E-state index in [-0.39, 0.29) is 17.8 Å². The number of hydrogen-bond acceptors (Lipinski definition) is 2. The molecular weight excluding hydrogens is 353 g/mol. The Bertz CT molecular complexity index is 964. The Hall–Kier alpha value is -2.92. The van der Waals surface area contributed by atoms with Gasteiger partial charge >= 0.3 is 0 Å². The topological polar surface area (TPSA) is 37.3 Å². The minimum atomic E-state index is -0.342. The van der Waals surface area contributed by atoms with Gasteiger partial charge in [0.15, 0.2) is 0 Å². The first-order chi connectivity index (χ1) is 13.6. The second-order valence-corrected chi connectivity index (χ2v) is 7.27. The van der Waals surface area contributed by atoms with Crippen molar-refractivity contribution in [1.29, 1.82) is 0 Å². The van der Waals surface area contributed by atoms with Gasteiger partial charge in [0.2, 0.25) is 0 Å². The molecule has 1 aliphatic heterocycles. The summed E-state index contributed by atoms with van der Waals surface area (Å²) >= 11 is 0. The summed E-state index contributed by atoms with van der Waals surface area (Å²) in [5, 5.41) is 3.04. The molecule has 5 heteroatoms. The average Bonchev–Trinajstić information content (AvgIpc) is 3.14. The molecule has 1 amide bonds. The molecule has 1 aliphatic rings. The van der Waals surface area contributed by atoms with E-state index in [1.54, 1.807) is 0 Å². The Balaban J connectivity index is 1.53. The number of benzene rings is 2. The highest BCUT2D eigenvalue weighted by molar-refractivity contribution is 5.94. The SMILES string of the molecule is Cn1cccc1C(CNC(=O)c1ccc(F)cc1)N1CCc2ccccc2C1. The third kappa shape index (κ3) is 3.85. The predicted octanol–water partition coefficient (Wildman–Crippen LogP) is 3.69. The number of hydrogen-bond donors (Lipinski definition) is 1. The molecule has 4 nitrogen and oxygen atoms in total. The first-order valence-electron chi connectivity index (χ1n) is 9.57. The third-order valence-corrected chi connectivity index (χ3v) is 5.49. The second-order valence-electron chi connectivity index (χ2n) is 7.27. The van der Waals surface area contributed by atoms with Crippen molar-refractivity contribution < 1.29 is 9.18 Å². The first-order valence-corrected chi connectivity index (χ1v) is 9.57. The van der Waals surface area contributed by atoms with Crippen LogP contribution in [0.15, 0.2) is 66.9 Å². The van der Waals surface area contributed by atoms with Gasteiger partial charge in [0.1, 0.15) is 5.82 Å². The molecule has 0 fully saturated rings. The lowest BCUT2D eigenvalue weighted by Gasteiger charge is -2.36. The molecule has 1 unspecified atom stereocenters. The normalized spacial score (nSPS) is 15.1. The fourth-order valence-electron chi connectivity index (χ4n) is 3.92. The molecule has 1 N–H and O–H groups in total. The molecule has 0 radical (unpaired) electrons. The van der Waals surface area contributed by atoms with Crippen LogP contribution in [0.5, 0.6) is 0 Å². The number of rotatable bonds is 5. The molecule has 0 aliphatic carbocycles. The van der Waals surface area contributed by atoms with Crippen molar-refractivity contribution in [3.05, 3.63) is 95.1 Å². The van der Waals surface area contributed by atoms with Gasteiger partial charge in [-0.05, 0) is 53.9 Å². The monoisotopic (exact) mass is 377 g/mol. The number of fused-ring (bicyclic) bond motifs is 1. The van der Waals surface area contributed by atoms with Crippen molar-refractivity contribution in [2.45, 2.75) is 19.0 Å². The van der Waals surface area contributed by atoms with Crippen LogP contribution in [0.2, 0.25) is 0 Å². The lowest BCUT2D eigenvalue weighted by molar-refractivity contribution is 0.0925. The lowest BCUT2D eigenvalue weighted by Crippen LogP contribution is -2.41. The Morgan fingerprint density at radius 1 is 1.07 bits per heavy atom. The number of aryl methyl sites for hydroxylation is 1. The van der Waals surface area contributed by atoms with E-state index in [4.69, 9.17) is 0 Å². The van der Waals surface area contributed by atoms with Gasteiger partial charge in [-0.1, -0.05) is 24.3 Å². The smallest absolute Gasteiger partial charge is 0.251 e. The number of halogens is 1. The zero-order valence-electron chi connectivity index (χ0n) is 15.9. The predicted molar refractivity (Wildman–Crippen MR) is 107 cm³/mol. The molecule has 2 aromatic carbocycles. The molecule has 144 valence electrons. The number of nitrogens with one attached hydrogen (secondary N) is 1. The van der Waals surface area contributed by atoms with Gasteiger partial charge < -0.3 is 9.88 Å². The van der Waals surface area contributed by atoms with Crippen LogP contribution in [0.25, 0.3) is 0 Å². The molecular formula is C23H24FN3O. The summed E-state index contributed by atoms with van der Waals surface area (Å²) in [5.41, 5.74) is 4.38. The van der Waals surface area contributed by atoms with Crippen molar-refractivity contribution >= 4 is 5.91 Å². The summed E-state index contributed by atoms with van der Waals surface area (Å²) in [7, 11) is 2.03. The van der Waals surface area contributed by atoms with Crippen LogP contribution in [0.1, 0.15) is 33.2 Å². The zero-order valence-corrected chi connectivity index (χ0v) is 15.9. The van der Waals surface area contributed by atoms with Crippen molar-refractivity contribution in [3.63, 3.8) is 0 Å². The molecule has 2 heterocycles. The van der Waals surface area contributed by atoms with Crippen LogP contribution >= 0.6 is 0 Å². The number of nitrogens with zero attached hydrogens (tertiary/aromatic N) is 2. The number of carbonyl (C=O) groups is 1. The first kappa shape index (κ1) is 18.4. The number of carbonyl (C=O) groups excluding carboxylic acids is 1. The highest BCUT2D eigenvalue weighted by Crippen LogP contribution is 2.27. The van der Waals surface area contributed by atoms with Crippen LogP contribution < -0.4 is 5.32 Å². The average molecular weight is 377 g/mol. The Morgan fingerprint density at radius 2 is 1.82 bits per heavy atom. The highest BCUT2D eigenvalue weighted by Gasteiger charge is 2.26. The van der Waals surface area contributed by atoms with Crippen molar-refractivity contribution in [3.8, 4) is 0 Å².